The Morgan fingerprint density at radius 2 is 2.11 bits per heavy atom. The highest BCUT2D eigenvalue weighted by atomic mass is 19.3. The zero-order chi connectivity index (χ0) is 25.7. The molecule has 2 aliphatic rings. The van der Waals surface area contributed by atoms with Crippen molar-refractivity contribution in [3.63, 3.8) is 0 Å². The molecule has 2 aliphatic heterocycles. The third-order valence-electron chi connectivity index (χ3n) is 6.88. The van der Waals surface area contributed by atoms with Crippen molar-refractivity contribution in [2.45, 2.75) is 37.6 Å². The van der Waals surface area contributed by atoms with E-state index in [0.29, 0.717) is 42.8 Å². The number of ether oxygens (including phenoxy) is 2. The first-order valence-electron chi connectivity index (χ1n) is 11.9. The van der Waals surface area contributed by atoms with E-state index in [-0.39, 0.29) is 35.5 Å². The average molecular weight is 520 g/mol. The fourth-order valence-electron chi connectivity index (χ4n) is 4.91. The molecule has 3 aromatic heterocycles. The van der Waals surface area contributed by atoms with Crippen molar-refractivity contribution in [1.82, 2.24) is 34.5 Å². The number of likely N-dealkylation sites (tertiary alicyclic amines) is 1. The number of aromatic nitrogens is 6. The van der Waals surface area contributed by atoms with Crippen LogP contribution < -0.4 is 10.1 Å². The van der Waals surface area contributed by atoms with Crippen LogP contribution in [-0.2, 0) is 11.3 Å². The Balaban J connectivity index is 1.32. The third-order valence-corrected chi connectivity index (χ3v) is 6.88. The average Bonchev–Trinajstić information content (AvgIpc) is 3.38. The molecule has 1 aromatic carbocycles. The van der Waals surface area contributed by atoms with Gasteiger partial charge in [0.25, 0.3) is 6.43 Å². The number of alkyl halides is 3. The molecule has 0 aliphatic carbocycles. The maximum absolute atomic E-state index is 15.3. The van der Waals surface area contributed by atoms with E-state index >= 15 is 4.39 Å². The molecule has 0 saturated carbocycles. The van der Waals surface area contributed by atoms with Gasteiger partial charge < -0.3 is 14.8 Å². The molecule has 6 rings (SSSR count). The maximum atomic E-state index is 15.3. The molecule has 4 aromatic rings. The van der Waals surface area contributed by atoms with Gasteiger partial charge in [0.2, 0.25) is 11.8 Å². The van der Waals surface area contributed by atoms with E-state index in [4.69, 9.17) is 9.47 Å². The third kappa shape index (κ3) is 4.33. The van der Waals surface area contributed by atoms with Gasteiger partial charge in [-0.2, -0.15) is 4.98 Å². The zero-order valence-electron chi connectivity index (χ0n) is 19.8. The van der Waals surface area contributed by atoms with Gasteiger partial charge in [0.05, 0.1) is 49.7 Å². The predicted octanol–water partition coefficient (Wildman–Crippen LogP) is 2.78. The number of hydrogen-bond donors (Lipinski definition) is 1. The summed E-state index contributed by atoms with van der Waals surface area (Å²) in [5.41, 5.74) is 1.51. The minimum atomic E-state index is -2.62. The van der Waals surface area contributed by atoms with Crippen LogP contribution in [-0.4, -0.2) is 92.6 Å². The van der Waals surface area contributed by atoms with E-state index in [1.807, 2.05) is 0 Å². The van der Waals surface area contributed by atoms with Gasteiger partial charge in [0.1, 0.15) is 23.7 Å². The summed E-state index contributed by atoms with van der Waals surface area (Å²) < 4.78 is 69.1. The molecule has 2 atom stereocenters. The first-order chi connectivity index (χ1) is 17.9. The Bertz CT molecular complexity index is 1440. The first-order valence-corrected chi connectivity index (χ1v) is 11.9. The minimum absolute atomic E-state index is 0.0789. The summed E-state index contributed by atoms with van der Waals surface area (Å²) in [6.45, 7) is 1.62. The van der Waals surface area contributed by atoms with Crippen LogP contribution in [0.1, 0.15) is 6.42 Å². The van der Waals surface area contributed by atoms with Crippen molar-refractivity contribution in [3.8, 4) is 17.0 Å². The Morgan fingerprint density at radius 1 is 1.27 bits per heavy atom. The maximum Gasteiger partial charge on any atom is 0.258 e. The van der Waals surface area contributed by atoms with Crippen molar-refractivity contribution in [1.29, 1.82) is 0 Å². The summed E-state index contributed by atoms with van der Waals surface area (Å²) in [7, 11) is 1.39. The van der Waals surface area contributed by atoms with E-state index in [0.717, 1.165) is 4.68 Å². The lowest BCUT2D eigenvalue weighted by atomic mass is 10.0. The second-order valence-corrected chi connectivity index (χ2v) is 9.20. The number of hydrogen-bond acceptors (Lipinski definition) is 8. The second kappa shape index (κ2) is 9.41. The van der Waals surface area contributed by atoms with Crippen LogP contribution in [0.2, 0.25) is 0 Å². The van der Waals surface area contributed by atoms with Gasteiger partial charge >= 0.3 is 0 Å². The lowest BCUT2D eigenvalue weighted by Gasteiger charge is -2.42. The lowest BCUT2D eigenvalue weighted by molar-refractivity contribution is -0.0794. The molecular weight excluding hydrogens is 496 g/mol. The summed E-state index contributed by atoms with van der Waals surface area (Å²) in [5.74, 6) is -0.430. The van der Waals surface area contributed by atoms with E-state index < -0.39 is 31.0 Å². The molecule has 14 heteroatoms. The van der Waals surface area contributed by atoms with Gasteiger partial charge in [-0.1, -0.05) is 11.3 Å². The lowest BCUT2D eigenvalue weighted by Crippen LogP contribution is -2.57. The minimum Gasteiger partial charge on any atom is -0.479 e. The molecule has 0 amide bonds. The molecule has 10 nitrogen and oxygen atoms in total. The van der Waals surface area contributed by atoms with E-state index in [1.165, 1.54) is 23.9 Å². The predicted molar refractivity (Wildman–Crippen MR) is 125 cm³/mol. The van der Waals surface area contributed by atoms with Crippen molar-refractivity contribution < 1.29 is 27.0 Å². The molecule has 37 heavy (non-hydrogen) atoms. The number of benzene rings is 1. The normalized spacial score (nSPS) is 21.1. The number of methoxy groups -OCH3 is 1. The highest BCUT2D eigenvalue weighted by molar-refractivity contribution is 5.89. The van der Waals surface area contributed by atoms with Gasteiger partial charge in [0, 0.05) is 13.1 Å². The van der Waals surface area contributed by atoms with Crippen molar-refractivity contribution in [3.05, 3.63) is 30.2 Å². The topological polar surface area (TPSA) is 94.6 Å². The van der Waals surface area contributed by atoms with Crippen LogP contribution >= 0.6 is 0 Å². The number of rotatable bonds is 7. The van der Waals surface area contributed by atoms with Gasteiger partial charge in [-0.25, -0.2) is 26.8 Å². The van der Waals surface area contributed by atoms with Crippen LogP contribution in [0.4, 0.5) is 23.5 Å². The zero-order valence-corrected chi connectivity index (χ0v) is 19.8. The van der Waals surface area contributed by atoms with Crippen LogP contribution in [0.3, 0.4) is 0 Å². The molecule has 5 heterocycles. The molecule has 0 spiro atoms. The van der Waals surface area contributed by atoms with Crippen molar-refractivity contribution >= 4 is 22.5 Å². The molecule has 196 valence electrons. The van der Waals surface area contributed by atoms with Crippen LogP contribution in [0, 0.1) is 5.82 Å². The summed E-state index contributed by atoms with van der Waals surface area (Å²) >= 11 is 0. The number of piperidine rings is 1. The number of nitrogens with zero attached hydrogens (tertiary/aromatic N) is 7. The van der Waals surface area contributed by atoms with Crippen molar-refractivity contribution in [2.24, 2.45) is 0 Å². The fourth-order valence-corrected chi connectivity index (χ4v) is 4.91. The molecule has 2 fully saturated rings. The smallest absolute Gasteiger partial charge is 0.258 e. The molecule has 0 unspecified atom stereocenters. The monoisotopic (exact) mass is 520 g/mol. The number of fused-ring (bicyclic) bond motifs is 2. The van der Waals surface area contributed by atoms with Gasteiger partial charge in [-0.3, -0.25) is 4.90 Å². The van der Waals surface area contributed by atoms with E-state index in [1.54, 1.807) is 12.1 Å². The highest BCUT2D eigenvalue weighted by Crippen LogP contribution is 2.35. The number of nitrogens with one attached hydrogen (secondary N) is 1. The number of anilines is 1. The largest absolute Gasteiger partial charge is 0.479 e. The van der Waals surface area contributed by atoms with E-state index in [9.17, 15) is 13.2 Å². The van der Waals surface area contributed by atoms with Crippen LogP contribution in [0.15, 0.2) is 24.4 Å². The second-order valence-electron chi connectivity index (χ2n) is 9.20. The summed E-state index contributed by atoms with van der Waals surface area (Å²) in [4.78, 5) is 6.46. The molecule has 2 saturated heterocycles. The van der Waals surface area contributed by atoms with Gasteiger partial charge in [-0.05, 0) is 24.1 Å². The molecule has 0 radical (unpaired) electrons. The van der Waals surface area contributed by atoms with Gasteiger partial charge in [0.15, 0.2) is 5.82 Å². The molecule has 0 bridgehead atoms. The fraction of sp³-hybridized carbons (Fsp3) is 0.478. The first kappa shape index (κ1) is 23.9. The van der Waals surface area contributed by atoms with E-state index in [2.05, 4.69) is 30.6 Å². The Hall–Kier alpha value is -3.52. The quantitative estimate of drug-likeness (QED) is 0.372. The molecule has 1 N–H and O–H groups in total. The summed E-state index contributed by atoms with van der Waals surface area (Å²) in [6, 6.07) is 4.48. The Morgan fingerprint density at radius 3 is 2.81 bits per heavy atom. The summed E-state index contributed by atoms with van der Waals surface area (Å²) in [6.07, 6.45) is -2.05. The standard InChI is InChI=1S/C23H24F4N8O2/c1-36-22-21-20(12-2-3-17-18(6-12)34(32-30-17)9-19(26)27)15(25)8-35(21)31-23(29-22)28-16-4-5-33(7-14(16)24)13-10-37-11-13/h2-3,6,8,13-14,16,19H,4-5,7,9-11H2,1H3,(H,28,31)/t14-,16+/m1/s1. The Labute approximate surface area is 208 Å². The molecular formula is C23H24F4N8O2. The van der Waals surface area contributed by atoms with Crippen LogP contribution in [0.5, 0.6) is 5.88 Å². The van der Waals surface area contributed by atoms with Crippen LogP contribution in [0.25, 0.3) is 27.7 Å². The highest BCUT2D eigenvalue weighted by Gasteiger charge is 2.36. The van der Waals surface area contributed by atoms with Crippen molar-refractivity contribution in [2.75, 3.05) is 38.7 Å². The Kier molecular flexibility index (Phi) is 6.07. The SMILES string of the molecule is COc1nc(N[C@H]2CCN(C3COC3)C[C@H]2F)nn2cc(F)c(-c3ccc4nnn(CC(F)F)c4c3)c12. The van der Waals surface area contributed by atoms with Gasteiger partial charge in [-0.15, -0.1) is 10.2 Å². The number of halogens is 4. The summed E-state index contributed by atoms with van der Waals surface area (Å²) in [5, 5.41) is 15.0.